The summed E-state index contributed by atoms with van der Waals surface area (Å²) in [7, 11) is -3.36. The molecule has 128 valence electrons. The SMILES string of the molecule is CS(=O)(=O)NCC(=O)N1CCN(C[C@H](O)c2ccccc2)CC1. The van der Waals surface area contributed by atoms with E-state index in [0.717, 1.165) is 11.8 Å². The van der Waals surface area contributed by atoms with Crippen LogP contribution < -0.4 is 4.72 Å². The van der Waals surface area contributed by atoms with Crippen molar-refractivity contribution in [1.29, 1.82) is 0 Å². The summed E-state index contributed by atoms with van der Waals surface area (Å²) in [5, 5.41) is 10.2. The number of nitrogens with zero attached hydrogens (tertiary/aromatic N) is 2. The van der Waals surface area contributed by atoms with E-state index in [0.29, 0.717) is 32.7 Å². The van der Waals surface area contributed by atoms with Crippen molar-refractivity contribution >= 4 is 15.9 Å². The smallest absolute Gasteiger partial charge is 0.237 e. The Morgan fingerprint density at radius 3 is 2.39 bits per heavy atom. The molecule has 1 aliphatic rings. The largest absolute Gasteiger partial charge is 0.387 e. The van der Waals surface area contributed by atoms with E-state index in [4.69, 9.17) is 0 Å². The van der Waals surface area contributed by atoms with E-state index in [2.05, 4.69) is 9.62 Å². The van der Waals surface area contributed by atoms with Gasteiger partial charge >= 0.3 is 0 Å². The van der Waals surface area contributed by atoms with E-state index in [1.165, 1.54) is 0 Å². The third-order valence-corrected chi connectivity index (χ3v) is 4.49. The Hall–Kier alpha value is -1.48. The lowest BCUT2D eigenvalue weighted by Crippen LogP contribution is -2.51. The number of sulfonamides is 1. The Balaban J connectivity index is 1.76. The quantitative estimate of drug-likeness (QED) is 0.722. The van der Waals surface area contributed by atoms with Crippen LogP contribution >= 0.6 is 0 Å². The fraction of sp³-hybridized carbons (Fsp3) is 0.533. The highest BCUT2D eigenvalue weighted by atomic mass is 32.2. The minimum Gasteiger partial charge on any atom is -0.387 e. The first-order valence-electron chi connectivity index (χ1n) is 7.53. The Bertz CT molecular complexity index is 613. The predicted molar refractivity (Wildman–Crippen MR) is 87.3 cm³/mol. The fourth-order valence-electron chi connectivity index (χ4n) is 2.51. The van der Waals surface area contributed by atoms with Gasteiger partial charge in [-0.25, -0.2) is 13.1 Å². The maximum atomic E-state index is 11.9. The van der Waals surface area contributed by atoms with Gasteiger partial charge in [0.1, 0.15) is 0 Å². The van der Waals surface area contributed by atoms with E-state index in [9.17, 15) is 18.3 Å². The van der Waals surface area contributed by atoms with Gasteiger partial charge in [-0.2, -0.15) is 0 Å². The number of nitrogens with one attached hydrogen (secondary N) is 1. The molecule has 1 aromatic carbocycles. The summed E-state index contributed by atoms with van der Waals surface area (Å²) in [5.74, 6) is -0.223. The van der Waals surface area contributed by atoms with Crippen molar-refractivity contribution in [2.24, 2.45) is 0 Å². The zero-order valence-electron chi connectivity index (χ0n) is 13.2. The fourth-order valence-corrected chi connectivity index (χ4v) is 2.90. The standard InChI is InChI=1S/C15H23N3O4S/c1-23(21,22)16-11-15(20)18-9-7-17(8-10-18)12-14(19)13-5-3-2-4-6-13/h2-6,14,16,19H,7-12H2,1H3/t14-/m0/s1. The maximum Gasteiger partial charge on any atom is 0.237 e. The topological polar surface area (TPSA) is 90.0 Å². The summed E-state index contributed by atoms with van der Waals surface area (Å²) >= 11 is 0. The molecule has 1 fully saturated rings. The lowest BCUT2D eigenvalue weighted by molar-refractivity contribution is -0.131. The molecule has 1 amide bonds. The van der Waals surface area contributed by atoms with Gasteiger partial charge in [0.25, 0.3) is 0 Å². The van der Waals surface area contributed by atoms with Crippen LogP contribution in [0.2, 0.25) is 0 Å². The number of β-amino-alcohol motifs (C(OH)–C–C–N with tert-alkyl or cyclic N) is 1. The zero-order chi connectivity index (χ0) is 16.9. The molecule has 1 aliphatic heterocycles. The molecule has 1 heterocycles. The molecule has 1 saturated heterocycles. The van der Waals surface area contributed by atoms with Gasteiger partial charge in [-0.3, -0.25) is 9.69 Å². The van der Waals surface area contributed by atoms with Crippen LogP contribution in [0.25, 0.3) is 0 Å². The van der Waals surface area contributed by atoms with Gasteiger partial charge in [0.2, 0.25) is 15.9 Å². The number of hydrogen-bond acceptors (Lipinski definition) is 5. The average molecular weight is 341 g/mol. The summed E-state index contributed by atoms with van der Waals surface area (Å²) in [4.78, 5) is 15.7. The first-order chi connectivity index (χ1) is 10.8. The number of carbonyl (C=O) groups excluding carboxylic acids is 1. The van der Waals surface area contributed by atoms with Crippen molar-refractivity contribution in [3.05, 3.63) is 35.9 Å². The third kappa shape index (κ3) is 5.91. The van der Waals surface area contributed by atoms with Crippen LogP contribution in [-0.2, 0) is 14.8 Å². The van der Waals surface area contributed by atoms with E-state index in [1.807, 2.05) is 30.3 Å². The van der Waals surface area contributed by atoms with Crippen molar-refractivity contribution in [2.45, 2.75) is 6.10 Å². The number of amides is 1. The van der Waals surface area contributed by atoms with E-state index >= 15 is 0 Å². The molecule has 23 heavy (non-hydrogen) atoms. The van der Waals surface area contributed by atoms with Crippen molar-refractivity contribution in [2.75, 3.05) is 45.5 Å². The van der Waals surface area contributed by atoms with E-state index < -0.39 is 16.1 Å². The van der Waals surface area contributed by atoms with Gasteiger partial charge in [-0.05, 0) is 5.56 Å². The van der Waals surface area contributed by atoms with Crippen LogP contribution in [0.3, 0.4) is 0 Å². The molecule has 0 spiro atoms. The van der Waals surface area contributed by atoms with Crippen LogP contribution in [-0.4, -0.2) is 74.8 Å². The van der Waals surface area contributed by atoms with Gasteiger partial charge < -0.3 is 10.0 Å². The average Bonchev–Trinajstić information content (AvgIpc) is 2.53. The third-order valence-electron chi connectivity index (χ3n) is 3.83. The van der Waals surface area contributed by atoms with Crippen molar-refractivity contribution < 1.29 is 18.3 Å². The summed E-state index contributed by atoms with van der Waals surface area (Å²) in [6, 6.07) is 9.47. The van der Waals surface area contributed by atoms with Crippen LogP contribution in [0.15, 0.2) is 30.3 Å². The Morgan fingerprint density at radius 2 is 1.83 bits per heavy atom. The van der Waals surface area contributed by atoms with Crippen molar-refractivity contribution in [1.82, 2.24) is 14.5 Å². The number of hydrogen-bond donors (Lipinski definition) is 2. The monoisotopic (exact) mass is 341 g/mol. The number of aliphatic hydroxyl groups is 1. The molecule has 0 aromatic heterocycles. The highest BCUT2D eigenvalue weighted by molar-refractivity contribution is 7.88. The summed E-state index contributed by atoms with van der Waals surface area (Å²) < 4.78 is 24.2. The van der Waals surface area contributed by atoms with Crippen LogP contribution in [0, 0.1) is 0 Å². The summed E-state index contributed by atoms with van der Waals surface area (Å²) in [5.41, 5.74) is 0.878. The molecule has 8 heteroatoms. The second-order valence-corrected chi connectivity index (χ2v) is 7.53. The summed E-state index contributed by atoms with van der Waals surface area (Å²) in [6.07, 6.45) is 0.480. The number of carbonyl (C=O) groups is 1. The highest BCUT2D eigenvalue weighted by Crippen LogP contribution is 2.14. The van der Waals surface area contributed by atoms with Crippen LogP contribution in [0.5, 0.6) is 0 Å². The minimum atomic E-state index is -3.36. The molecule has 0 bridgehead atoms. The van der Waals surface area contributed by atoms with Crippen LogP contribution in [0.4, 0.5) is 0 Å². The first-order valence-corrected chi connectivity index (χ1v) is 9.42. The molecule has 0 unspecified atom stereocenters. The molecule has 0 saturated carbocycles. The van der Waals surface area contributed by atoms with Gasteiger partial charge in [0.05, 0.1) is 18.9 Å². The van der Waals surface area contributed by atoms with Crippen molar-refractivity contribution in [3.63, 3.8) is 0 Å². The second-order valence-electron chi connectivity index (χ2n) is 5.70. The van der Waals surface area contributed by atoms with Gasteiger partial charge in [0.15, 0.2) is 0 Å². The molecule has 2 N–H and O–H groups in total. The Kier molecular flexibility index (Phi) is 6.11. The van der Waals surface area contributed by atoms with Gasteiger partial charge in [0, 0.05) is 32.7 Å². The molecule has 1 atom stereocenters. The Labute approximate surface area is 136 Å². The molecule has 0 aliphatic carbocycles. The minimum absolute atomic E-state index is 0.203. The molecule has 0 radical (unpaired) electrons. The lowest BCUT2D eigenvalue weighted by atomic mass is 10.1. The molecular weight excluding hydrogens is 318 g/mol. The van der Waals surface area contributed by atoms with Gasteiger partial charge in [-0.15, -0.1) is 0 Å². The summed E-state index contributed by atoms with van der Waals surface area (Å²) in [6.45, 7) is 2.71. The highest BCUT2D eigenvalue weighted by Gasteiger charge is 2.23. The molecule has 1 aromatic rings. The molecule has 7 nitrogen and oxygen atoms in total. The Morgan fingerprint density at radius 1 is 1.22 bits per heavy atom. The van der Waals surface area contributed by atoms with E-state index in [-0.39, 0.29) is 12.5 Å². The molecule has 2 rings (SSSR count). The lowest BCUT2D eigenvalue weighted by Gasteiger charge is -2.35. The molecular formula is C15H23N3O4S. The number of piperazine rings is 1. The zero-order valence-corrected chi connectivity index (χ0v) is 14.0. The second kappa shape index (κ2) is 7.87. The predicted octanol–water partition coefficient (Wildman–Crippen LogP) is -0.587. The first kappa shape index (κ1) is 17.9. The van der Waals surface area contributed by atoms with E-state index in [1.54, 1.807) is 4.90 Å². The van der Waals surface area contributed by atoms with Crippen LogP contribution in [0.1, 0.15) is 11.7 Å². The maximum absolute atomic E-state index is 11.9. The number of benzene rings is 1. The number of aliphatic hydroxyl groups excluding tert-OH is 1. The van der Waals surface area contributed by atoms with Crippen molar-refractivity contribution in [3.8, 4) is 0 Å². The normalized spacial score (nSPS) is 17.9. The number of rotatable bonds is 6. The van der Waals surface area contributed by atoms with Gasteiger partial charge in [-0.1, -0.05) is 30.3 Å².